The first-order chi connectivity index (χ1) is 9.74. The van der Waals surface area contributed by atoms with E-state index in [1.807, 2.05) is 0 Å². The zero-order valence-electron chi connectivity index (χ0n) is 12.0. The topological polar surface area (TPSA) is 56.1 Å². The van der Waals surface area contributed by atoms with E-state index in [4.69, 9.17) is 0 Å². The maximum Gasteiger partial charge on any atom is 0.393 e. The van der Waals surface area contributed by atoms with Crippen LogP contribution in [0.15, 0.2) is 0 Å². The molecule has 1 aliphatic heterocycles. The molecule has 1 saturated carbocycles. The van der Waals surface area contributed by atoms with Crippen LogP contribution in [0.3, 0.4) is 0 Å². The Morgan fingerprint density at radius 2 is 2.00 bits per heavy atom. The van der Waals surface area contributed by atoms with E-state index in [2.05, 4.69) is 11.4 Å². The Morgan fingerprint density at radius 1 is 1.33 bits per heavy atom. The van der Waals surface area contributed by atoms with Crippen molar-refractivity contribution in [1.29, 1.82) is 5.26 Å². The molecule has 0 bridgehead atoms. The van der Waals surface area contributed by atoms with Crippen LogP contribution in [0.1, 0.15) is 32.6 Å². The summed E-state index contributed by atoms with van der Waals surface area (Å²) < 4.78 is 38.2. The second-order valence-electron chi connectivity index (χ2n) is 6.25. The van der Waals surface area contributed by atoms with Crippen LogP contribution in [0.25, 0.3) is 0 Å². The van der Waals surface area contributed by atoms with Crippen LogP contribution in [0, 0.1) is 23.2 Å². The monoisotopic (exact) mass is 303 g/mol. The van der Waals surface area contributed by atoms with Gasteiger partial charge in [0.1, 0.15) is 5.54 Å². The highest BCUT2D eigenvalue weighted by Crippen LogP contribution is 2.39. The molecule has 1 aliphatic carbocycles. The molecule has 2 atom stereocenters. The molecule has 1 amide bonds. The molecule has 2 aliphatic rings. The van der Waals surface area contributed by atoms with Crippen molar-refractivity contribution in [1.82, 2.24) is 10.2 Å². The van der Waals surface area contributed by atoms with E-state index in [0.29, 0.717) is 13.0 Å². The zero-order chi connectivity index (χ0) is 15.7. The van der Waals surface area contributed by atoms with E-state index in [9.17, 15) is 23.2 Å². The Hall–Kier alpha value is -1.29. The van der Waals surface area contributed by atoms with Crippen LogP contribution < -0.4 is 5.32 Å². The fourth-order valence-corrected chi connectivity index (χ4v) is 2.88. The maximum atomic E-state index is 12.7. The standard InChI is InChI=1S/C14H20F3N3O/c1-13(9-18,10-4-5-10)19-12(21)8-20-6-2-3-11(7-20)14(15,16)17/h10-11H,2-8H2,1H3,(H,19,21). The molecule has 0 aromatic rings. The van der Waals surface area contributed by atoms with Crippen molar-refractivity contribution in [3.8, 4) is 6.07 Å². The molecule has 0 aromatic carbocycles. The molecular weight excluding hydrogens is 283 g/mol. The van der Waals surface area contributed by atoms with Crippen molar-refractivity contribution in [2.24, 2.45) is 11.8 Å². The number of alkyl halides is 3. The molecular formula is C14H20F3N3O. The van der Waals surface area contributed by atoms with Gasteiger partial charge in [-0.15, -0.1) is 0 Å². The van der Waals surface area contributed by atoms with Crippen LogP contribution in [0.2, 0.25) is 0 Å². The van der Waals surface area contributed by atoms with Gasteiger partial charge in [0.2, 0.25) is 5.91 Å². The number of hydrogen-bond acceptors (Lipinski definition) is 3. The Labute approximate surface area is 122 Å². The predicted octanol–water partition coefficient (Wildman–Crippen LogP) is 2.07. The first-order valence-corrected chi connectivity index (χ1v) is 7.26. The number of nitrogens with one attached hydrogen (secondary N) is 1. The number of carbonyl (C=O) groups excluding carboxylic acids is 1. The SMILES string of the molecule is CC(C#N)(NC(=O)CN1CCCC(C(F)(F)F)C1)C1CC1. The van der Waals surface area contributed by atoms with Gasteiger partial charge >= 0.3 is 6.18 Å². The fraction of sp³-hybridized carbons (Fsp3) is 0.857. The molecule has 0 radical (unpaired) electrons. The zero-order valence-corrected chi connectivity index (χ0v) is 12.0. The molecule has 1 heterocycles. The summed E-state index contributed by atoms with van der Waals surface area (Å²) in [6.07, 6.45) is -1.83. The molecule has 7 heteroatoms. The third-order valence-corrected chi connectivity index (χ3v) is 4.36. The van der Waals surface area contributed by atoms with E-state index in [0.717, 1.165) is 12.8 Å². The third kappa shape index (κ3) is 4.10. The summed E-state index contributed by atoms with van der Waals surface area (Å²) in [4.78, 5) is 13.5. The summed E-state index contributed by atoms with van der Waals surface area (Å²) in [6.45, 7) is 1.96. The van der Waals surface area contributed by atoms with E-state index in [-0.39, 0.29) is 31.3 Å². The summed E-state index contributed by atoms with van der Waals surface area (Å²) in [7, 11) is 0. The van der Waals surface area contributed by atoms with Crippen LogP contribution in [0.4, 0.5) is 13.2 Å². The highest BCUT2D eigenvalue weighted by atomic mass is 19.4. The van der Waals surface area contributed by atoms with E-state index in [1.54, 1.807) is 6.92 Å². The number of nitriles is 1. The first-order valence-electron chi connectivity index (χ1n) is 7.26. The molecule has 21 heavy (non-hydrogen) atoms. The number of hydrogen-bond donors (Lipinski definition) is 1. The van der Waals surface area contributed by atoms with Crippen LogP contribution in [-0.2, 0) is 4.79 Å². The fourth-order valence-electron chi connectivity index (χ4n) is 2.88. The van der Waals surface area contributed by atoms with E-state index < -0.39 is 17.6 Å². The highest BCUT2D eigenvalue weighted by molar-refractivity contribution is 5.79. The van der Waals surface area contributed by atoms with Crippen molar-refractivity contribution >= 4 is 5.91 Å². The number of carbonyl (C=O) groups is 1. The van der Waals surface area contributed by atoms with Gasteiger partial charge in [-0.2, -0.15) is 18.4 Å². The minimum absolute atomic E-state index is 0.0728. The summed E-state index contributed by atoms with van der Waals surface area (Å²) >= 11 is 0. The average Bonchev–Trinajstić information content (AvgIpc) is 3.22. The lowest BCUT2D eigenvalue weighted by Gasteiger charge is -2.34. The van der Waals surface area contributed by atoms with Crippen molar-refractivity contribution < 1.29 is 18.0 Å². The summed E-state index contributed by atoms with van der Waals surface area (Å²) in [5.41, 5.74) is -0.893. The van der Waals surface area contributed by atoms with Crippen LogP contribution in [0.5, 0.6) is 0 Å². The van der Waals surface area contributed by atoms with E-state index in [1.165, 1.54) is 4.90 Å². The Balaban J connectivity index is 1.86. The minimum atomic E-state index is -4.20. The van der Waals surface area contributed by atoms with Crippen LogP contribution in [-0.4, -0.2) is 42.2 Å². The maximum absolute atomic E-state index is 12.7. The summed E-state index contributed by atoms with van der Waals surface area (Å²) in [6, 6.07) is 2.11. The van der Waals surface area contributed by atoms with Gasteiger partial charge in [-0.3, -0.25) is 9.69 Å². The van der Waals surface area contributed by atoms with Crippen LogP contribution >= 0.6 is 0 Å². The second-order valence-corrected chi connectivity index (χ2v) is 6.25. The molecule has 4 nitrogen and oxygen atoms in total. The normalized spacial score (nSPS) is 26.7. The van der Waals surface area contributed by atoms with E-state index >= 15 is 0 Å². The van der Waals surface area contributed by atoms with Crippen molar-refractivity contribution in [3.63, 3.8) is 0 Å². The number of halogens is 3. The largest absolute Gasteiger partial charge is 0.393 e. The lowest BCUT2D eigenvalue weighted by atomic mass is 9.96. The second kappa shape index (κ2) is 5.84. The molecule has 1 N–H and O–H groups in total. The lowest BCUT2D eigenvalue weighted by molar-refractivity contribution is -0.187. The number of likely N-dealkylation sites (tertiary alicyclic amines) is 1. The minimum Gasteiger partial charge on any atom is -0.337 e. The van der Waals surface area contributed by atoms with Gasteiger partial charge in [0.25, 0.3) is 0 Å². The number of amides is 1. The van der Waals surface area contributed by atoms with Gasteiger partial charge in [-0.05, 0) is 45.1 Å². The Kier molecular flexibility index (Phi) is 4.47. The molecule has 2 rings (SSSR count). The number of nitrogens with zero attached hydrogens (tertiary/aromatic N) is 2. The van der Waals surface area contributed by atoms with Crippen molar-refractivity contribution in [2.75, 3.05) is 19.6 Å². The van der Waals surface area contributed by atoms with Gasteiger partial charge in [-0.1, -0.05) is 0 Å². The quantitative estimate of drug-likeness (QED) is 0.865. The molecule has 0 spiro atoms. The average molecular weight is 303 g/mol. The Bertz CT molecular complexity index is 442. The van der Waals surface area contributed by atoms with Gasteiger partial charge in [0.15, 0.2) is 0 Å². The van der Waals surface area contributed by atoms with Gasteiger partial charge in [0.05, 0.1) is 18.5 Å². The Morgan fingerprint density at radius 3 is 2.52 bits per heavy atom. The van der Waals surface area contributed by atoms with Crippen molar-refractivity contribution in [3.05, 3.63) is 0 Å². The predicted molar refractivity (Wildman–Crippen MR) is 70.1 cm³/mol. The first kappa shape index (κ1) is 16.1. The molecule has 1 saturated heterocycles. The van der Waals surface area contributed by atoms with Gasteiger partial charge in [-0.25, -0.2) is 0 Å². The molecule has 2 fully saturated rings. The molecule has 118 valence electrons. The van der Waals surface area contributed by atoms with Crippen molar-refractivity contribution in [2.45, 2.75) is 44.3 Å². The van der Waals surface area contributed by atoms with Gasteiger partial charge in [0, 0.05) is 6.54 Å². The summed E-state index contributed by atoms with van der Waals surface area (Å²) in [5, 5.41) is 11.9. The third-order valence-electron chi connectivity index (χ3n) is 4.36. The number of piperidine rings is 1. The molecule has 2 unspecified atom stereocenters. The number of rotatable bonds is 4. The molecule has 0 aromatic heterocycles. The lowest BCUT2D eigenvalue weighted by Crippen LogP contribution is -2.52. The highest BCUT2D eigenvalue weighted by Gasteiger charge is 2.44. The smallest absolute Gasteiger partial charge is 0.337 e. The summed E-state index contributed by atoms with van der Waals surface area (Å²) in [5.74, 6) is -1.56. The van der Waals surface area contributed by atoms with Gasteiger partial charge < -0.3 is 5.32 Å².